The Balaban J connectivity index is 2.28. The zero-order valence-electron chi connectivity index (χ0n) is 14.6. The van der Waals surface area contributed by atoms with Crippen LogP contribution in [0.2, 0.25) is 0 Å². The van der Waals surface area contributed by atoms with E-state index in [1.165, 1.54) is 13.0 Å². The van der Waals surface area contributed by atoms with Gasteiger partial charge in [0.2, 0.25) is 5.91 Å². The van der Waals surface area contributed by atoms with Gasteiger partial charge in [-0.25, -0.2) is 0 Å². The van der Waals surface area contributed by atoms with Gasteiger partial charge in [0.15, 0.2) is 0 Å². The number of hydrogen-bond acceptors (Lipinski definition) is 3. The molecule has 0 aliphatic carbocycles. The maximum Gasteiger partial charge on any atom is 0.268 e. The molecule has 2 rings (SSSR count). The van der Waals surface area contributed by atoms with Gasteiger partial charge in [-0.2, -0.15) is 0 Å². The van der Waals surface area contributed by atoms with Gasteiger partial charge in [0.25, 0.3) is 5.91 Å². The molecule has 0 atom stereocenters. The third kappa shape index (κ3) is 5.90. The van der Waals surface area contributed by atoms with E-state index in [1.54, 1.807) is 6.07 Å². The molecule has 25 heavy (non-hydrogen) atoms. The number of rotatable bonds is 4. The summed E-state index contributed by atoms with van der Waals surface area (Å²) in [4.78, 5) is 23.8. The fraction of sp³-hybridized carbons (Fsp3) is 0.263. The lowest BCUT2D eigenvalue weighted by molar-refractivity contribution is -0.123. The van der Waals surface area contributed by atoms with Crippen LogP contribution in [0.4, 0.5) is 0 Å². The van der Waals surface area contributed by atoms with E-state index in [4.69, 9.17) is 4.42 Å². The molecule has 1 aromatic carbocycles. The fourth-order valence-corrected chi connectivity index (χ4v) is 2.36. The Bertz CT molecular complexity index is 799. The smallest absolute Gasteiger partial charge is 0.268 e. The first-order chi connectivity index (χ1) is 11.6. The minimum Gasteiger partial charge on any atom is -0.457 e. The van der Waals surface area contributed by atoms with E-state index in [0.717, 1.165) is 10.0 Å². The van der Waals surface area contributed by atoms with E-state index in [0.29, 0.717) is 11.5 Å². The summed E-state index contributed by atoms with van der Waals surface area (Å²) in [7, 11) is 0. The number of benzene rings is 1. The van der Waals surface area contributed by atoms with Crippen LogP contribution >= 0.6 is 15.9 Å². The Morgan fingerprint density at radius 1 is 1.08 bits per heavy atom. The minimum atomic E-state index is -0.416. The molecule has 0 saturated carbocycles. The van der Waals surface area contributed by atoms with E-state index in [2.05, 4.69) is 26.6 Å². The molecule has 0 bridgehead atoms. The van der Waals surface area contributed by atoms with Crippen molar-refractivity contribution >= 4 is 33.8 Å². The first-order valence-electron chi connectivity index (χ1n) is 7.81. The van der Waals surface area contributed by atoms with Gasteiger partial charge in [-0.15, -0.1) is 0 Å². The number of nitrogens with one attached hydrogen (secondary N) is 2. The lowest BCUT2D eigenvalue weighted by Gasteiger charge is -2.21. The van der Waals surface area contributed by atoms with E-state index in [1.807, 2.05) is 51.1 Å². The summed E-state index contributed by atoms with van der Waals surface area (Å²) < 4.78 is 6.76. The average molecular weight is 405 g/mol. The Morgan fingerprint density at radius 2 is 1.72 bits per heavy atom. The molecule has 1 heterocycles. The molecular weight excluding hydrogens is 384 g/mol. The van der Waals surface area contributed by atoms with Gasteiger partial charge < -0.3 is 15.1 Å². The van der Waals surface area contributed by atoms with Gasteiger partial charge in [-0.3, -0.25) is 9.59 Å². The Hall–Kier alpha value is -2.34. The average Bonchev–Trinajstić information content (AvgIpc) is 2.93. The SMILES string of the molecule is CC(=O)NC(=Cc1ccc(-c2ccc(Br)cc2)o1)C(=O)NC(C)(C)C. The van der Waals surface area contributed by atoms with Crippen molar-refractivity contribution < 1.29 is 14.0 Å². The van der Waals surface area contributed by atoms with Crippen molar-refractivity contribution in [2.45, 2.75) is 33.2 Å². The van der Waals surface area contributed by atoms with Gasteiger partial charge in [-0.05, 0) is 45.0 Å². The van der Waals surface area contributed by atoms with Gasteiger partial charge in [0, 0.05) is 28.6 Å². The standard InChI is InChI=1S/C19H21BrN2O3/c1-12(23)21-16(18(24)22-19(2,3)4)11-15-9-10-17(25-15)13-5-7-14(20)8-6-13/h5-11H,1-4H3,(H,21,23)(H,22,24). The third-order valence-corrected chi connectivity index (χ3v) is 3.61. The van der Waals surface area contributed by atoms with Crippen LogP contribution < -0.4 is 10.6 Å². The molecule has 5 nitrogen and oxygen atoms in total. The number of carbonyl (C=O) groups is 2. The molecule has 2 amide bonds. The first-order valence-corrected chi connectivity index (χ1v) is 8.61. The predicted octanol–water partition coefficient (Wildman–Crippen LogP) is 4.10. The lowest BCUT2D eigenvalue weighted by atomic mass is 10.1. The highest BCUT2D eigenvalue weighted by atomic mass is 79.9. The Morgan fingerprint density at radius 3 is 2.28 bits per heavy atom. The third-order valence-electron chi connectivity index (χ3n) is 3.09. The van der Waals surface area contributed by atoms with E-state index >= 15 is 0 Å². The zero-order valence-corrected chi connectivity index (χ0v) is 16.2. The Kier molecular flexibility index (Phi) is 5.85. The van der Waals surface area contributed by atoms with Crippen LogP contribution in [0, 0.1) is 0 Å². The lowest BCUT2D eigenvalue weighted by Crippen LogP contribution is -2.44. The maximum absolute atomic E-state index is 12.4. The monoisotopic (exact) mass is 404 g/mol. The zero-order chi connectivity index (χ0) is 18.6. The minimum absolute atomic E-state index is 0.138. The summed E-state index contributed by atoms with van der Waals surface area (Å²) >= 11 is 3.39. The molecule has 6 heteroatoms. The van der Waals surface area contributed by atoms with Crippen LogP contribution in [0.3, 0.4) is 0 Å². The molecule has 0 unspecified atom stereocenters. The molecule has 1 aromatic heterocycles. The number of carbonyl (C=O) groups excluding carboxylic acids is 2. The van der Waals surface area contributed by atoms with Crippen LogP contribution in [-0.2, 0) is 9.59 Å². The summed E-state index contributed by atoms with van der Waals surface area (Å²) in [6.45, 7) is 6.96. The van der Waals surface area contributed by atoms with Gasteiger partial charge >= 0.3 is 0 Å². The van der Waals surface area contributed by atoms with Crippen molar-refractivity contribution in [3.63, 3.8) is 0 Å². The quantitative estimate of drug-likeness (QED) is 0.753. The molecule has 2 aromatic rings. The predicted molar refractivity (Wildman–Crippen MR) is 102 cm³/mol. The molecule has 132 valence electrons. The number of furan rings is 1. The highest BCUT2D eigenvalue weighted by Gasteiger charge is 2.18. The maximum atomic E-state index is 12.4. The second kappa shape index (κ2) is 7.70. The summed E-state index contributed by atoms with van der Waals surface area (Å²) in [5.41, 5.74) is 0.641. The van der Waals surface area contributed by atoms with Crippen molar-refractivity contribution in [3.05, 3.63) is 52.3 Å². The van der Waals surface area contributed by atoms with Gasteiger partial charge in [0.05, 0.1) is 0 Å². The number of hydrogen-bond donors (Lipinski definition) is 2. The van der Waals surface area contributed by atoms with Crippen LogP contribution in [0.5, 0.6) is 0 Å². The van der Waals surface area contributed by atoms with Crippen LogP contribution in [0.25, 0.3) is 17.4 Å². The molecular formula is C19H21BrN2O3. The van der Waals surface area contributed by atoms with Gasteiger partial charge in [-0.1, -0.05) is 28.1 Å². The summed E-state index contributed by atoms with van der Waals surface area (Å²) in [6.07, 6.45) is 1.52. The van der Waals surface area contributed by atoms with Crippen molar-refractivity contribution in [1.29, 1.82) is 0 Å². The Labute approximate surface area is 155 Å². The molecule has 0 spiro atoms. The first kappa shape index (κ1) is 19.0. The number of amides is 2. The highest BCUT2D eigenvalue weighted by molar-refractivity contribution is 9.10. The topological polar surface area (TPSA) is 71.3 Å². The van der Waals surface area contributed by atoms with E-state index in [-0.39, 0.29) is 17.5 Å². The van der Waals surface area contributed by atoms with E-state index in [9.17, 15) is 9.59 Å². The summed E-state index contributed by atoms with van der Waals surface area (Å²) in [5, 5.41) is 5.37. The molecule has 0 aliphatic heterocycles. The molecule has 0 fully saturated rings. The molecule has 0 aliphatic rings. The van der Waals surface area contributed by atoms with Gasteiger partial charge in [0.1, 0.15) is 17.2 Å². The largest absolute Gasteiger partial charge is 0.457 e. The van der Waals surface area contributed by atoms with Crippen molar-refractivity contribution in [2.24, 2.45) is 0 Å². The van der Waals surface area contributed by atoms with Crippen molar-refractivity contribution in [3.8, 4) is 11.3 Å². The summed E-state index contributed by atoms with van der Waals surface area (Å²) in [5.74, 6) is 0.460. The van der Waals surface area contributed by atoms with E-state index < -0.39 is 5.54 Å². The van der Waals surface area contributed by atoms with Crippen LogP contribution in [0.15, 0.2) is 51.0 Å². The van der Waals surface area contributed by atoms with Crippen molar-refractivity contribution in [1.82, 2.24) is 10.6 Å². The highest BCUT2D eigenvalue weighted by Crippen LogP contribution is 2.25. The van der Waals surface area contributed by atoms with Crippen LogP contribution in [0.1, 0.15) is 33.5 Å². The number of halogens is 1. The van der Waals surface area contributed by atoms with Crippen molar-refractivity contribution in [2.75, 3.05) is 0 Å². The van der Waals surface area contributed by atoms with Crippen LogP contribution in [-0.4, -0.2) is 17.4 Å². The fourth-order valence-electron chi connectivity index (χ4n) is 2.10. The second-order valence-corrected chi connectivity index (χ2v) is 7.57. The molecule has 2 N–H and O–H groups in total. The molecule has 0 radical (unpaired) electrons. The molecule has 0 saturated heterocycles. The normalized spacial score (nSPS) is 12.0. The summed E-state index contributed by atoms with van der Waals surface area (Å²) in [6, 6.07) is 11.3. The second-order valence-electron chi connectivity index (χ2n) is 6.65.